The van der Waals surface area contributed by atoms with E-state index in [4.69, 9.17) is 18.8 Å². The van der Waals surface area contributed by atoms with Gasteiger partial charge in [-0.15, -0.1) is 20.4 Å². The van der Waals surface area contributed by atoms with Gasteiger partial charge in [0.05, 0.1) is 22.8 Å². The van der Waals surface area contributed by atoms with Crippen LogP contribution in [-0.4, -0.2) is 31.8 Å². The van der Waals surface area contributed by atoms with Crippen LogP contribution in [-0.2, 0) is 0 Å². The van der Waals surface area contributed by atoms with E-state index in [0.29, 0.717) is 23.6 Å². The quantitative estimate of drug-likeness (QED) is 0.168. The molecule has 0 aliphatic carbocycles. The monoisotopic (exact) mass is 746 g/mol. The zero-order chi connectivity index (χ0) is 38.4. The molecule has 1 aliphatic rings. The maximum Gasteiger partial charge on any atom is 0.248 e. The Morgan fingerprint density at radius 1 is 0.276 bits per heavy atom. The van der Waals surface area contributed by atoms with Crippen molar-refractivity contribution < 1.29 is 8.83 Å². The molecule has 0 radical (unpaired) electrons. The van der Waals surface area contributed by atoms with Gasteiger partial charge in [-0.1, -0.05) is 109 Å². The van der Waals surface area contributed by atoms with Crippen molar-refractivity contribution in [2.45, 2.75) is 0 Å². The molecule has 3 heterocycles. The molecule has 10 aromatic rings. The first-order chi connectivity index (χ1) is 28.7. The molecule has 0 bridgehead atoms. The van der Waals surface area contributed by atoms with E-state index in [9.17, 15) is 0 Å². The molecule has 272 valence electrons. The van der Waals surface area contributed by atoms with Crippen LogP contribution in [0.5, 0.6) is 0 Å². The van der Waals surface area contributed by atoms with E-state index < -0.39 is 0 Å². The molecule has 0 saturated heterocycles. The Morgan fingerprint density at radius 3 is 0.931 bits per heavy atom. The first kappa shape index (κ1) is 33.3. The summed E-state index contributed by atoms with van der Waals surface area (Å²) >= 11 is 0. The summed E-state index contributed by atoms with van der Waals surface area (Å²) in [6, 6.07) is 61.2. The van der Waals surface area contributed by atoms with Crippen LogP contribution in [0.3, 0.4) is 0 Å². The summed E-state index contributed by atoms with van der Waals surface area (Å²) in [7, 11) is 0. The van der Waals surface area contributed by atoms with Crippen molar-refractivity contribution >= 4 is 44.3 Å². The average Bonchev–Trinajstić information content (AvgIpc) is 3.99. The highest BCUT2D eigenvalue weighted by atomic mass is 16.4. The molecule has 8 aromatic carbocycles. The standard InChI is InChI=1S/C50H30N6O2/c1-3-11-33(12-4-1)47-53-55-49(57-47)35-23-19-31(20-24-35)45-41-27-37-15-7-9-17-39(37)29-43(41)52-46(42-28-38-16-8-10-18-40(38)30-44(42)51-45)32-21-25-36(26-22-32)50-56-54-48(58-50)34-13-5-2-6-14-34/h1-30H. The molecule has 0 saturated carbocycles. The van der Waals surface area contributed by atoms with E-state index in [1.807, 2.05) is 84.9 Å². The van der Waals surface area contributed by atoms with E-state index in [1.165, 1.54) is 0 Å². The van der Waals surface area contributed by atoms with Crippen molar-refractivity contribution in [1.29, 1.82) is 0 Å². The third kappa shape index (κ3) is 6.06. The highest BCUT2D eigenvalue weighted by Crippen LogP contribution is 2.38. The average molecular weight is 747 g/mol. The molecule has 1 aliphatic heterocycles. The number of benzene rings is 8. The molecule has 2 aromatic heterocycles. The lowest BCUT2D eigenvalue weighted by Crippen LogP contribution is -2.10. The molecule has 11 rings (SSSR count). The van der Waals surface area contributed by atoms with E-state index >= 15 is 0 Å². The van der Waals surface area contributed by atoms with Crippen molar-refractivity contribution in [2.24, 2.45) is 9.98 Å². The van der Waals surface area contributed by atoms with Crippen LogP contribution < -0.4 is 0 Å². The Bertz CT molecular complexity index is 2980. The fraction of sp³-hybridized carbons (Fsp3) is 0. The molecule has 58 heavy (non-hydrogen) atoms. The van der Waals surface area contributed by atoms with Gasteiger partial charge in [-0.25, -0.2) is 9.98 Å². The summed E-state index contributed by atoms with van der Waals surface area (Å²) in [4.78, 5) is 11.1. The minimum Gasteiger partial charge on any atom is -0.416 e. The smallest absolute Gasteiger partial charge is 0.248 e. The van der Waals surface area contributed by atoms with Crippen LogP contribution in [0.2, 0.25) is 0 Å². The molecule has 0 amide bonds. The van der Waals surface area contributed by atoms with Crippen LogP contribution in [0, 0.1) is 0 Å². The van der Waals surface area contributed by atoms with Crippen molar-refractivity contribution in [3.05, 3.63) is 204 Å². The Kier molecular flexibility index (Phi) is 7.96. The van der Waals surface area contributed by atoms with E-state index in [-0.39, 0.29) is 0 Å². The fourth-order valence-electron chi connectivity index (χ4n) is 7.44. The van der Waals surface area contributed by atoms with Gasteiger partial charge in [0.1, 0.15) is 0 Å². The van der Waals surface area contributed by atoms with Gasteiger partial charge in [-0.05, 0) is 94.3 Å². The van der Waals surface area contributed by atoms with E-state index in [0.717, 1.165) is 88.9 Å². The van der Waals surface area contributed by atoms with Crippen LogP contribution in [0.25, 0.3) is 67.4 Å². The predicted octanol–water partition coefficient (Wildman–Crippen LogP) is 12.1. The highest BCUT2D eigenvalue weighted by molar-refractivity contribution is 6.24. The topological polar surface area (TPSA) is 103 Å². The minimum atomic E-state index is 0.448. The van der Waals surface area contributed by atoms with Gasteiger partial charge in [-0.3, -0.25) is 0 Å². The van der Waals surface area contributed by atoms with Gasteiger partial charge < -0.3 is 8.83 Å². The zero-order valence-corrected chi connectivity index (χ0v) is 30.8. The van der Waals surface area contributed by atoms with Gasteiger partial charge in [0.15, 0.2) is 0 Å². The number of fused-ring (bicyclic) bond motifs is 4. The predicted molar refractivity (Wildman–Crippen MR) is 229 cm³/mol. The van der Waals surface area contributed by atoms with Gasteiger partial charge in [0.25, 0.3) is 0 Å². The molecule has 0 spiro atoms. The Morgan fingerprint density at radius 2 is 0.569 bits per heavy atom. The number of rotatable bonds is 6. The van der Waals surface area contributed by atoms with Gasteiger partial charge in [-0.2, -0.15) is 0 Å². The van der Waals surface area contributed by atoms with Crippen molar-refractivity contribution in [3.8, 4) is 45.8 Å². The maximum atomic E-state index is 6.09. The number of hydrogen-bond donors (Lipinski definition) is 0. The summed E-state index contributed by atoms with van der Waals surface area (Å²) in [5, 5.41) is 21.7. The minimum absolute atomic E-state index is 0.448. The lowest BCUT2D eigenvalue weighted by atomic mass is 9.92. The largest absolute Gasteiger partial charge is 0.416 e. The molecule has 0 fully saturated rings. The van der Waals surface area contributed by atoms with Gasteiger partial charge >= 0.3 is 0 Å². The van der Waals surface area contributed by atoms with Crippen LogP contribution in [0.1, 0.15) is 22.3 Å². The second-order valence-corrected chi connectivity index (χ2v) is 14.1. The van der Waals surface area contributed by atoms with Crippen molar-refractivity contribution in [1.82, 2.24) is 20.4 Å². The normalized spacial score (nSPS) is 12.3. The number of aliphatic imine (C=N–C) groups is 2. The van der Waals surface area contributed by atoms with Crippen LogP contribution >= 0.6 is 0 Å². The second-order valence-electron chi connectivity index (χ2n) is 14.1. The van der Waals surface area contributed by atoms with E-state index in [2.05, 4.69) is 117 Å². The third-order valence-electron chi connectivity index (χ3n) is 10.4. The van der Waals surface area contributed by atoms with Gasteiger partial charge in [0, 0.05) is 44.5 Å². The summed E-state index contributed by atoms with van der Waals surface area (Å²) in [6.07, 6.45) is 0. The molecule has 0 N–H and O–H groups in total. The number of aromatic nitrogens is 4. The zero-order valence-electron chi connectivity index (χ0n) is 30.8. The second kappa shape index (κ2) is 13.9. The lowest BCUT2D eigenvalue weighted by Gasteiger charge is -2.20. The Labute approximate surface area is 332 Å². The summed E-state index contributed by atoms with van der Waals surface area (Å²) in [6.45, 7) is 0. The Balaban J connectivity index is 1.05. The number of nitrogens with zero attached hydrogens (tertiary/aromatic N) is 6. The molecule has 0 unspecified atom stereocenters. The summed E-state index contributed by atoms with van der Waals surface area (Å²) in [5.74, 6) is 1.85. The number of hydrogen-bond acceptors (Lipinski definition) is 8. The van der Waals surface area contributed by atoms with Crippen molar-refractivity contribution in [3.63, 3.8) is 0 Å². The molecular formula is C50H30N6O2. The van der Waals surface area contributed by atoms with Crippen molar-refractivity contribution in [2.75, 3.05) is 0 Å². The first-order valence-corrected chi connectivity index (χ1v) is 18.9. The van der Waals surface area contributed by atoms with E-state index in [1.54, 1.807) is 0 Å². The van der Waals surface area contributed by atoms with Gasteiger partial charge in [0.2, 0.25) is 23.6 Å². The third-order valence-corrected chi connectivity index (χ3v) is 10.4. The lowest BCUT2D eigenvalue weighted by molar-refractivity contribution is 0.584. The summed E-state index contributed by atoms with van der Waals surface area (Å²) in [5.41, 5.74) is 10.3. The molecular weight excluding hydrogens is 717 g/mol. The highest BCUT2D eigenvalue weighted by Gasteiger charge is 2.23. The van der Waals surface area contributed by atoms with Crippen LogP contribution in [0.4, 0.5) is 11.4 Å². The van der Waals surface area contributed by atoms with Crippen LogP contribution in [0.15, 0.2) is 201 Å². The molecule has 8 nitrogen and oxygen atoms in total. The molecule has 0 atom stereocenters. The maximum absolute atomic E-state index is 6.09. The fourth-order valence-corrected chi connectivity index (χ4v) is 7.44. The SMILES string of the molecule is c1ccc(-c2nnc(-c3ccc(C4=Nc5cc6ccccc6cc5C(c5ccc(-c6nnc(-c7ccccc7)o6)cc5)=Nc5cc6ccccc6cc54)cc3)o2)cc1. The molecule has 8 heteroatoms. The Hall–Kier alpha value is -8.10. The first-order valence-electron chi connectivity index (χ1n) is 18.9. The summed E-state index contributed by atoms with van der Waals surface area (Å²) < 4.78 is 12.2.